The van der Waals surface area contributed by atoms with Gasteiger partial charge in [0.05, 0.1) is 17.3 Å². The second-order valence-electron chi connectivity index (χ2n) is 7.09. The van der Waals surface area contributed by atoms with Crippen LogP contribution in [0.15, 0.2) is 86.2 Å². The second-order valence-corrected chi connectivity index (χ2v) is 8.12. The molecule has 4 rings (SSSR count). The van der Waals surface area contributed by atoms with Gasteiger partial charge in [0.25, 0.3) is 5.56 Å². The van der Waals surface area contributed by atoms with Crippen LogP contribution in [0.5, 0.6) is 0 Å². The van der Waals surface area contributed by atoms with E-state index in [-0.39, 0.29) is 12.3 Å². The van der Waals surface area contributed by atoms with Gasteiger partial charge in [0, 0.05) is 15.8 Å². The minimum absolute atomic E-state index is 0.0212. The molecule has 4 aromatic rings. The SMILES string of the molecule is CCc1c(Sc2ccc3ccccc3c2N)n(COCc2ccccc2)c(=O)[nH]c1=O. The monoisotopic (exact) mass is 433 g/mol. The maximum atomic E-state index is 12.6. The van der Waals surface area contributed by atoms with E-state index in [1.54, 1.807) is 0 Å². The fourth-order valence-corrected chi connectivity index (χ4v) is 4.61. The smallest absolute Gasteiger partial charge is 0.331 e. The van der Waals surface area contributed by atoms with Gasteiger partial charge in [-0.25, -0.2) is 4.79 Å². The van der Waals surface area contributed by atoms with Crippen molar-refractivity contribution in [3.63, 3.8) is 0 Å². The van der Waals surface area contributed by atoms with E-state index in [0.717, 1.165) is 21.2 Å². The molecule has 0 bridgehead atoms. The standard InChI is InChI=1S/C24H23N3O3S/c1-2-18-22(28)26-24(29)27(15-30-14-16-8-4-3-5-9-16)23(18)31-20-13-12-17-10-6-7-11-19(17)21(20)25/h3-13H,2,14-15,25H2,1H3,(H,26,28,29). The summed E-state index contributed by atoms with van der Waals surface area (Å²) >= 11 is 1.32. The third-order valence-corrected chi connectivity index (χ3v) is 6.30. The van der Waals surface area contributed by atoms with Gasteiger partial charge in [-0.05, 0) is 23.4 Å². The van der Waals surface area contributed by atoms with E-state index >= 15 is 0 Å². The van der Waals surface area contributed by atoms with Gasteiger partial charge in [-0.1, -0.05) is 79.3 Å². The molecule has 0 aliphatic carbocycles. The molecule has 1 heterocycles. The van der Waals surface area contributed by atoms with Crippen LogP contribution >= 0.6 is 11.8 Å². The number of aromatic nitrogens is 2. The minimum atomic E-state index is -0.503. The lowest BCUT2D eigenvalue weighted by molar-refractivity contribution is 0.0550. The molecule has 1 aromatic heterocycles. The molecule has 3 N–H and O–H groups in total. The molecule has 158 valence electrons. The van der Waals surface area contributed by atoms with Crippen molar-refractivity contribution in [1.82, 2.24) is 9.55 Å². The Morgan fingerprint density at radius 2 is 1.74 bits per heavy atom. The highest BCUT2D eigenvalue weighted by atomic mass is 32.2. The molecule has 0 amide bonds. The number of nitrogens with zero attached hydrogens (tertiary/aromatic N) is 1. The number of ether oxygens (including phenoxy) is 1. The van der Waals surface area contributed by atoms with Gasteiger partial charge in [0.1, 0.15) is 6.73 Å². The molecule has 0 atom stereocenters. The Balaban J connectivity index is 1.71. The van der Waals surface area contributed by atoms with E-state index in [1.165, 1.54) is 16.3 Å². The van der Waals surface area contributed by atoms with E-state index in [0.29, 0.717) is 29.3 Å². The summed E-state index contributed by atoms with van der Waals surface area (Å²) in [5.74, 6) is 0. The maximum absolute atomic E-state index is 12.6. The van der Waals surface area contributed by atoms with Gasteiger partial charge < -0.3 is 10.5 Å². The van der Waals surface area contributed by atoms with Crippen molar-refractivity contribution in [3.8, 4) is 0 Å². The number of fused-ring (bicyclic) bond motifs is 1. The Morgan fingerprint density at radius 3 is 2.52 bits per heavy atom. The van der Waals surface area contributed by atoms with Gasteiger partial charge in [0.15, 0.2) is 0 Å². The van der Waals surface area contributed by atoms with E-state index < -0.39 is 5.69 Å². The molecular formula is C24H23N3O3S. The normalized spacial score (nSPS) is 11.1. The molecule has 6 nitrogen and oxygen atoms in total. The number of hydrogen-bond acceptors (Lipinski definition) is 5. The zero-order chi connectivity index (χ0) is 21.8. The second kappa shape index (κ2) is 9.24. The number of rotatable bonds is 7. The number of anilines is 1. The number of nitrogens with one attached hydrogen (secondary N) is 1. The number of nitrogens with two attached hydrogens (primary N) is 1. The average molecular weight is 434 g/mol. The summed E-state index contributed by atoms with van der Waals surface area (Å²) in [6.07, 6.45) is 0.476. The topological polar surface area (TPSA) is 90.1 Å². The van der Waals surface area contributed by atoms with Crippen molar-refractivity contribution in [2.75, 3.05) is 5.73 Å². The molecule has 7 heteroatoms. The van der Waals surface area contributed by atoms with Gasteiger partial charge in [0.2, 0.25) is 0 Å². The summed E-state index contributed by atoms with van der Waals surface area (Å²) in [5, 5.41) is 2.52. The summed E-state index contributed by atoms with van der Waals surface area (Å²) in [6, 6.07) is 21.5. The summed E-state index contributed by atoms with van der Waals surface area (Å²) in [7, 11) is 0. The average Bonchev–Trinajstić information content (AvgIpc) is 2.78. The van der Waals surface area contributed by atoms with Crippen LogP contribution in [0.3, 0.4) is 0 Å². The van der Waals surface area contributed by atoms with Crippen LogP contribution in [-0.4, -0.2) is 9.55 Å². The lowest BCUT2D eigenvalue weighted by atomic mass is 10.1. The Hall–Kier alpha value is -3.29. The largest absolute Gasteiger partial charge is 0.397 e. The van der Waals surface area contributed by atoms with Crippen LogP contribution in [0, 0.1) is 0 Å². The first-order valence-corrected chi connectivity index (χ1v) is 10.8. The van der Waals surface area contributed by atoms with E-state index in [9.17, 15) is 9.59 Å². The Morgan fingerprint density at radius 1 is 1.00 bits per heavy atom. The van der Waals surface area contributed by atoms with Gasteiger partial charge in [-0.3, -0.25) is 14.3 Å². The highest BCUT2D eigenvalue weighted by Gasteiger charge is 2.17. The Kier molecular flexibility index (Phi) is 6.25. The molecule has 0 unspecified atom stereocenters. The van der Waals surface area contributed by atoms with Gasteiger partial charge in [-0.15, -0.1) is 0 Å². The molecular weight excluding hydrogens is 410 g/mol. The van der Waals surface area contributed by atoms with E-state index in [1.807, 2.05) is 73.7 Å². The first-order chi connectivity index (χ1) is 15.1. The summed E-state index contributed by atoms with van der Waals surface area (Å²) in [5.41, 5.74) is 7.70. The fraction of sp³-hybridized carbons (Fsp3) is 0.167. The highest BCUT2D eigenvalue weighted by molar-refractivity contribution is 7.99. The van der Waals surface area contributed by atoms with Gasteiger partial charge in [-0.2, -0.15) is 0 Å². The van der Waals surface area contributed by atoms with E-state index in [4.69, 9.17) is 10.5 Å². The Bertz CT molecular complexity index is 1330. The zero-order valence-electron chi connectivity index (χ0n) is 17.1. The fourth-order valence-electron chi connectivity index (χ4n) is 3.44. The van der Waals surface area contributed by atoms with Crippen molar-refractivity contribution in [2.24, 2.45) is 0 Å². The maximum Gasteiger partial charge on any atom is 0.331 e. The first kappa shape index (κ1) is 21.0. The quantitative estimate of drug-likeness (QED) is 0.337. The highest BCUT2D eigenvalue weighted by Crippen LogP contribution is 2.36. The number of hydrogen-bond donors (Lipinski definition) is 2. The zero-order valence-corrected chi connectivity index (χ0v) is 17.9. The van der Waals surface area contributed by atoms with Crippen LogP contribution in [0.1, 0.15) is 18.1 Å². The minimum Gasteiger partial charge on any atom is -0.397 e. The number of nitrogen functional groups attached to an aromatic ring is 1. The lowest BCUT2D eigenvalue weighted by Crippen LogP contribution is -2.34. The molecule has 0 saturated carbocycles. The molecule has 0 saturated heterocycles. The summed E-state index contributed by atoms with van der Waals surface area (Å²) in [6.45, 7) is 2.27. The number of benzene rings is 3. The molecule has 0 fully saturated rings. The van der Waals surface area contributed by atoms with Crippen LogP contribution in [0.2, 0.25) is 0 Å². The number of aromatic amines is 1. The summed E-state index contributed by atoms with van der Waals surface area (Å²) in [4.78, 5) is 28.3. The predicted molar refractivity (Wildman–Crippen MR) is 124 cm³/mol. The van der Waals surface area contributed by atoms with E-state index in [2.05, 4.69) is 4.98 Å². The summed E-state index contributed by atoms with van der Waals surface area (Å²) < 4.78 is 7.26. The molecule has 0 spiro atoms. The van der Waals surface area contributed by atoms with Crippen molar-refractivity contribution >= 4 is 28.2 Å². The molecule has 0 radical (unpaired) electrons. The van der Waals surface area contributed by atoms with Crippen LogP contribution in [-0.2, 0) is 24.5 Å². The third-order valence-electron chi connectivity index (χ3n) is 5.07. The molecule has 0 aliphatic heterocycles. The lowest BCUT2D eigenvalue weighted by Gasteiger charge is -2.17. The van der Waals surface area contributed by atoms with Crippen LogP contribution < -0.4 is 17.0 Å². The first-order valence-electron chi connectivity index (χ1n) is 10.0. The van der Waals surface area contributed by atoms with Crippen molar-refractivity contribution < 1.29 is 4.74 Å². The number of H-pyrrole nitrogens is 1. The van der Waals surface area contributed by atoms with Crippen molar-refractivity contribution in [1.29, 1.82) is 0 Å². The molecule has 0 aliphatic rings. The molecule has 31 heavy (non-hydrogen) atoms. The van der Waals surface area contributed by atoms with Crippen molar-refractivity contribution in [2.45, 2.75) is 36.6 Å². The van der Waals surface area contributed by atoms with Gasteiger partial charge >= 0.3 is 5.69 Å². The van der Waals surface area contributed by atoms with Crippen LogP contribution in [0.4, 0.5) is 5.69 Å². The third kappa shape index (κ3) is 4.42. The van der Waals surface area contributed by atoms with Crippen LogP contribution in [0.25, 0.3) is 10.8 Å². The Labute approximate surface area is 183 Å². The van der Waals surface area contributed by atoms with Crippen molar-refractivity contribution in [3.05, 3.63) is 98.7 Å². The predicted octanol–water partition coefficient (Wildman–Crippen LogP) is 4.16. The molecule has 3 aromatic carbocycles.